The summed E-state index contributed by atoms with van der Waals surface area (Å²) < 4.78 is 7.18. The van der Waals surface area contributed by atoms with Crippen molar-refractivity contribution in [2.45, 2.75) is 24.8 Å². The first-order valence-electron chi connectivity index (χ1n) is 7.41. The third kappa shape index (κ3) is 3.33. The molecule has 3 rings (SSSR count). The van der Waals surface area contributed by atoms with Gasteiger partial charge in [0.2, 0.25) is 5.89 Å². The summed E-state index contributed by atoms with van der Waals surface area (Å²) in [5.74, 6) is 0.0211. The molecule has 3 aromatic rings. The third-order valence-electron chi connectivity index (χ3n) is 3.35. The quantitative estimate of drug-likeness (QED) is 0.714. The third-order valence-corrected chi connectivity index (χ3v) is 4.08. The van der Waals surface area contributed by atoms with Crippen LogP contribution < -0.4 is 5.32 Å². The van der Waals surface area contributed by atoms with Gasteiger partial charge in [-0.3, -0.25) is 14.8 Å². The summed E-state index contributed by atoms with van der Waals surface area (Å²) in [6.07, 6.45) is 3.58. The number of amides is 1. The highest BCUT2D eigenvalue weighted by Crippen LogP contribution is 2.24. The fourth-order valence-electron chi connectivity index (χ4n) is 2.21. The SMILES string of the molecule is CSc1cccc(-c2nnc(NC(=O)c3ccnn3C(C)C)o2)c1. The van der Waals surface area contributed by atoms with E-state index < -0.39 is 0 Å². The molecule has 124 valence electrons. The van der Waals surface area contributed by atoms with Crippen molar-refractivity contribution >= 4 is 23.7 Å². The summed E-state index contributed by atoms with van der Waals surface area (Å²) in [5.41, 5.74) is 1.25. The Bertz CT molecular complexity index is 856. The van der Waals surface area contributed by atoms with Crippen molar-refractivity contribution < 1.29 is 9.21 Å². The number of benzene rings is 1. The largest absolute Gasteiger partial charge is 0.403 e. The van der Waals surface area contributed by atoms with Crippen LogP contribution in [0.5, 0.6) is 0 Å². The van der Waals surface area contributed by atoms with Crippen molar-refractivity contribution in [2.24, 2.45) is 0 Å². The van der Waals surface area contributed by atoms with Crippen molar-refractivity contribution in [1.82, 2.24) is 20.0 Å². The van der Waals surface area contributed by atoms with E-state index in [9.17, 15) is 4.79 Å². The molecule has 2 aromatic heterocycles. The first kappa shape index (κ1) is 16.3. The van der Waals surface area contributed by atoms with E-state index in [1.54, 1.807) is 28.7 Å². The molecule has 24 heavy (non-hydrogen) atoms. The van der Waals surface area contributed by atoms with E-state index in [4.69, 9.17) is 4.42 Å². The van der Waals surface area contributed by atoms with Crippen LogP contribution in [0.3, 0.4) is 0 Å². The Kier molecular flexibility index (Phi) is 4.66. The van der Waals surface area contributed by atoms with Crippen LogP contribution in [0.2, 0.25) is 0 Å². The molecule has 1 aromatic carbocycles. The standard InChI is InChI=1S/C16H17N5O2S/c1-10(2)21-13(7-8-17-21)14(22)18-16-20-19-15(23-16)11-5-4-6-12(9-11)24-3/h4-10H,1-3H3,(H,18,20,22). The summed E-state index contributed by atoms with van der Waals surface area (Å²) in [7, 11) is 0. The fraction of sp³-hybridized carbons (Fsp3) is 0.250. The van der Waals surface area contributed by atoms with Crippen LogP contribution in [0.15, 0.2) is 45.8 Å². The molecule has 0 fully saturated rings. The highest BCUT2D eigenvalue weighted by atomic mass is 32.2. The maximum atomic E-state index is 12.3. The maximum Gasteiger partial charge on any atom is 0.322 e. The van der Waals surface area contributed by atoms with Crippen molar-refractivity contribution in [2.75, 3.05) is 11.6 Å². The van der Waals surface area contributed by atoms with E-state index in [-0.39, 0.29) is 18.0 Å². The van der Waals surface area contributed by atoms with Gasteiger partial charge in [0.05, 0.1) is 0 Å². The minimum absolute atomic E-state index is 0.0565. The van der Waals surface area contributed by atoms with Crippen LogP contribution in [-0.4, -0.2) is 32.1 Å². The number of anilines is 1. The van der Waals surface area contributed by atoms with Gasteiger partial charge in [0, 0.05) is 22.7 Å². The maximum absolute atomic E-state index is 12.3. The molecule has 0 aliphatic carbocycles. The van der Waals surface area contributed by atoms with E-state index in [2.05, 4.69) is 20.6 Å². The normalized spacial score (nSPS) is 11.0. The number of rotatable bonds is 5. The molecule has 1 N–H and O–H groups in total. The van der Waals surface area contributed by atoms with E-state index in [0.717, 1.165) is 10.5 Å². The Labute approximate surface area is 143 Å². The smallest absolute Gasteiger partial charge is 0.322 e. The second-order valence-electron chi connectivity index (χ2n) is 5.35. The first-order chi connectivity index (χ1) is 11.6. The molecule has 0 unspecified atom stereocenters. The van der Waals surface area contributed by atoms with Crippen LogP contribution in [0.1, 0.15) is 30.4 Å². The Balaban J connectivity index is 1.78. The van der Waals surface area contributed by atoms with Gasteiger partial charge < -0.3 is 4.42 Å². The van der Waals surface area contributed by atoms with Crippen molar-refractivity contribution in [3.63, 3.8) is 0 Å². The predicted molar refractivity (Wildman–Crippen MR) is 92.1 cm³/mol. The van der Waals surface area contributed by atoms with E-state index in [0.29, 0.717) is 11.6 Å². The zero-order valence-electron chi connectivity index (χ0n) is 13.6. The van der Waals surface area contributed by atoms with Gasteiger partial charge in [0.25, 0.3) is 5.91 Å². The number of thioether (sulfide) groups is 1. The van der Waals surface area contributed by atoms with E-state index in [1.165, 1.54) is 0 Å². The molecule has 1 amide bonds. The van der Waals surface area contributed by atoms with Crippen LogP contribution >= 0.6 is 11.8 Å². The van der Waals surface area contributed by atoms with Gasteiger partial charge in [-0.25, -0.2) is 0 Å². The van der Waals surface area contributed by atoms with Gasteiger partial charge in [-0.15, -0.1) is 16.9 Å². The lowest BCUT2D eigenvalue weighted by atomic mass is 10.2. The lowest BCUT2D eigenvalue weighted by Gasteiger charge is -2.09. The molecule has 0 saturated heterocycles. The number of hydrogen-bond acceptors (Lipinski definition) is 6. The summed E-state index contributed by atoms with van der Waals surface area (Å²) in [5, 5.41) is 14.6. The Morgan fingerprint density at radius 3 is 2.88 bits per heavy atom. The monoisotopic (exact) mass is 343 g/mol. The number of nitrogens with zero attached hydrogens (tertiary/aromatic N) is 4. The minimum Gasteiger partial charge on any atom is -0.403 e. The lowest BCUT2D eigenvalue weighted by Crippen LogP contribution is -2.19. The molecule has 8 heteroatoms. The van der Waals surface area contributed by atoms with Gasteiger partial charge in [0.15, 0.2) is 0 Å². The van der Waals surface area contributed by atoms with Gasteiger partial charge in [0.1, 0.15) is 5.69 Å². The number of hydrogen-bond donors (Lipinski definition) is 1. The van der Waals surface area contributed by atoms with Gasteiger partial charge >= 0.3 is 6.01 Å². The zero-order chi connectivity index (χ0) is 17.1. The van der Waals surface area contributed by atoms with Crippen LogP contribution in [-0.2, 0) is 0 Å². The Hall–Kier alpha value is -2.61. The van der Waals surface area contributed by atoms with Gasteiger partial charge in [-0.1, -0.05) is 11.2 Å². The topological polar surface area (TPSA) is 85.8 Å². The Morgan fingerprint density at radius 1 is 1.29 bits per heavy atom. The Morgan fingerprint density at radius 2 is 2.12 bits per heavy atom. The van der Waals surface area contributed by atoms with Crippen molar-refractivity contribution in [1.29, 1.82) is 0 Å². The lowest BCUT2D eigenvalue weighted by molar-refractivity contribution is 0.101. The molecule has 0 spiro atoms. The number of nitrogens with one attached hydrogen (secondary N) is 1. The molecular weight excluding hydrogens is 326 g/mol. The van der Waals surface area contributed by atoms with Crippen LogP contribution in [0, 0.1) is 0 Å². The molecule has 2 heterocycles. The number of aromatic nitrogens is 4. The number of carbonyl (C=O) groups is 1. The summed E-state index contributed by atoms with van der Waals surface area (Å²) >= 11 is 1.63. The van der Waals surface area contributed by atoms with Crippen LogP contribution in [0.4, 0.5) is 6.01 Å². The summed E-state index contributed by atoms with van der Waals surface area (Å²) in [4.78, 5) is 13.4. The minimum atomic E-state index is -0.339. The molecule has 0 bridgehead atoms. The predicted octanol–water partition coefficient (Wildman–Crippen LogP) is 3.49. The zero-order valence-corrected chi connectivity index (χ0v) is 14.4. The second kappa shape index (κ2) is 6.88. The second-order valence-corrected chi connectivity index (χ2v) is 6.23. The average molecular weight is 343 g/mol. The molecule has 0 radical (unpaired) electrons. The van der Waals surface area contributed by atoms with Crippen molar-refractivity contribution in [3.8, 4) is 11.5 Å². The van der Waals surface area contributed by atoms with Crippen LogP contribution in [0.25, 0.3) is 11.5 Å². The van der Waals surface area contributed by atoms with Gasteiger partial charge in [-0.05, 0) is 44.4 Å². The van der Waals surface area contributed by atoms with E-state index in [1.807, 2.05) is 44.4 Å². The fourth-order valence-corrected chi connectivity index (χ4v) is 2.67. The van der Waals surface area contributed by atoms with E-state index >= 15 is 0 Å². The highest BCUT2D eigenvalue weighted by Gasteiger charge is 2.17. The molecule has 7 nitrogen and oxygen atoms in total. The summed E-state index contributed by atoms with van der Waals surface area (Å²) in [6.45, 7) is 3.90. The average Bonchev–Trinajstić information content (AvgIpc) is 3.24. The molecule has 0 saturated carbocycles. The molecule has 0 atom stereocenters. The molecule has 0 aliphatic rings. The number of carbonyl (C=O) groups excluding carboxylic acids is 1. The van der Waals surface area contributed by atoms with Gasteiger partial charge in [-0.2, -0.15) is 5.10 Å². The first-order valence-corrected chi connectivity index (χ1v) is 8.63. The summed E-state index contributed by atoms with van der Waals surface area (Å²) in [6, 6.07) is 9.54. The van der Waals surface area contributed by atoms with Crippen molar-refractivity contribution in [3.05, 3.63) is 42.2 Å². The molecule has 0 aliphatic heterocycles. The highest BCUT2D eigenvalue weighted by molar-refractivity contribution is 7.98. The molecular formula is C16H17N5O2S.